The van der Waals surface area contributed by atoms with Gasteiger partial charge in [0, 0.05) is 11.6 Å². The van der Waals surface area contributed by atoms with E-state index in [4.69, 9.17) is 21.1 Å². The molecule has 2 amide bonds. The van der Waals surface area contributed by atoms with E-state index < -0.39 is 5.91 Å². The van der Waals surface area contributed by atoms with Crippen LogP contribution < -0.4 is 20.3 Å². The lowest BCUT2D eigenvalue weighted by Crippen LogP contribution is -2.44. The summed E-state index contributed by atoms with van der Waals surface area (Å²) in [5, 5.41) is 9.50. The summed E-state index contributed by atoms with van der Waals surface area (Å²) < 4.78 is 13.0. The highest BCUT2D eigenvalue weighted by atomic mass is 35.5. The molecule has 3 rings (SSSR count). The summed E-state index contributed by atoms with van der Waals surface area (Å²) in [4.78, 5) is 24.0. The zero-order valence-electron chi connectivity index (χ0n) is 18.2. The van der Waals surface area contributed by atoms with Crippen LogP contribution in [0.1, 0.15) is 18.3 Å². The molecule has 0 aliphatic heterocycles. The zero-order valence-corrected chi connectivity index (χ0v) is 19.8. The Balaban J connectivity index is 1.41. The number of rotatable bonds is 10. The molecular formula is C22H24ClN5O4S. The SMILES string of the molecule is CCn1c(COc2ccc(Cl)cc2)nnc1SCC(=O)NNC(=O)COc1ccc(C)cc1. The monoisotopic (exact) mass is 489 g/mol. The Labute approximate surface area is 200 Å². The molecule has 174 valence electrons. The first-order valence-corrected chi connectivity index (χ1v) is 11.5. The summed E-state index contributed by atoms with van der Waals surface area (Å²) in [5.74, 6) is 1.08. The van der Waals surface area contributed by atoms with Crippen LogP contribution in [0.3, 0.4) is 0 Å². The van der Waals surface area contributed by atoms with Crippen molar-refractivity contribution in [1.29, 1.82) is 0 Å². The van der Waals surface area contributed by atoms with Gasteiger partial charge in [0.25, 0.3) is 5.91 Å². The highest BCUT2D eigenvalue weighted by molar-refractivity contribution is 7.99. The van der Waals surface area contributed by atoms with Gasteiger partial charge in [-0.25, -0.2) is 0 Å². The molecule has 2 aromatic carbocycles. The van der Waals surface area contributed by atoms with Crippen LogP contribution in [0.4, 0.5) is 0 Å². The number of nitrogens with one attached hydrogen (secondary N) is 2. The molecule has 0 spiro atoms. The standard InChI is InChI=1S/C22H24ClN5O4S/c1-3-28-19(12-31-18-10-6-16(23)7-11-18)24-27-22(28)33-14-21(30)26-25-20(29)13-32-17-8-4-15(2)5-9-17/h4-11H,3,12-14H2,1-2H3,(H,25,29)(H,26,30). The van der Waals surface area contributed by atoms with Crippen molar-refractivity contribution in [1.82, 2.24) is 25.6 Å². The van der Waals surface area contributed by atoms with E-state index in [0.717, 1.165) is 5.56 Å². The molecule has 0 radical (unpaired) electrons. The van der Waals surface area contributed by atoms with Crippen molar-refractivity contribution < 1.29 is 19.1 Å². The average molecular weight is 490 g/mol. The quantitative estimate of drug-likeness (QED) is 0.332. The molecule has 0 aliphatic carbocycles. The molecule has 2 N–H and O–H groups in total. The van der Waals surface area contributed by atoms with Gasteiger partial charge in [-0.3, -0.25) is 20.4 Å². The molecular weight excluding hydrogens is 466 g/mol. The van der Waals surface area contributed by atoms with Crippen molar-refractivity contribution in [2.45, 2.75) is 32.2 Å². The van der Waals surface area contributed by atoms with Crippen LogP contribution in [0.5, 0.6) is 11.5 Å². The smallest absolute Gasteiger partial charge is 0.276 e. The van der Waals surface area contributed by atoms with Gasteiger partial charge in [0.15, 0.2) is 17.6 Å². The normalized spacial score (nSPS) is 10.5. The molecule has 1 heterocycles. The lowest BCUT2D eigenvalue weighted by atomic mass is 10.2. The van der Waals surface area contributed by atoms with E-state index in [1.54, 1.807) is 36.4 Å². The molecule has 0 unspecified atom stereocenters. The van der Waals surface area contributed by atoms with Crippen LogP contribution in [0.25, 0.3) is 0 Å². The maximum absolute atomic E-state index is 12.1. The highest BCUT2D eigenvalue weighted by Gasteiger charge is 2.14. The van der Waals surface area contributed by atoms with Crippen molar-refractivity contribution in [3.8, 4) is 11.5 Å². The second-order valence-electron chi connectivity index (χ2n) is 6.87. The number of ether oxygens (including phenoxy) is 2. The molecule has 0 saturated heterocycles. The van der Waals surface area contributed by atoms with Gasteiger partial charge in [0.2, 0.25) is 5.91 Å². The number of halogens is 1. The summed E-state index contributed by atoms with van der Waals surface area (Å²) in [7, 11) is 0. The van der Waals surface area contributed by atoms with Crippen LogP contribution in [0, 0.1) is 6.92 Å². The minimum atomic E-state index is -0.465. The fourth-order valence-electron chi connectivity index (χ4n) is 2.65. The Morgan fingerprint density at radius 3 is 2.30 bits per heavy atom. The maximum atomic E-state index is 12.1. The van der Waals surface area contributed by atoms with Gasteiger partial charge in [-0.2, -0.15) is 0 Å². The predicted octanol–water partition coefficient (Wildman–Crippen LogP) is 3.16. The Morgan fingerprint density at radius 1 is 0.970 bits per heavy atom. The maximum Gasteiger partial charge on any atom is 0.276 e. The number of amides is 2. The van der Waals surface area contributed by atoms with Gasteiger partial charge < -0.3 is 14.0 Å². The fraction of sp³-hybridized carbons (Fsp3) is 0.273. The Bertz CT molecular complexity index is 1070. The molecule has 0 aliphatic rings. The highest BCUT2D eigenvalue weighted by Crippen LogP contribution is 2.20. The number of aryl methyl sites for hydroxylation is 1. The van der Waals surface area contributed by atoms with Crippen molar-refractivity contribution in [2.75, 3.05) is 12.4 Å². The Hall–Kier alpha value is -3.24. The van der Waals surface area contributed by atoms with Crippen LogP contribution >= 0.6 is 23.4 Å². The van der Waals surface area contributed by atoms with E-state index in [2.05, 4.69) is 21.0 Å². The number of hydrazine groups is 1. The number of benzene rings is 2. The minimum absolute atomic E-state index is 0.0509. The molecule has 0 bridgehead atoms. The second kappa shape index (κ2) is 12.1. The number of aromatic nitrogens is 3. The third-order valence-electron chi connectivity index (χ3n) is 4.36. The minimum Gasteiger partial charge on any atom is -0.486 e. The molecule has 9 nitrogen and oxygen atoms in total. The summed E-state index contributed by atoms with van der Waals surface area (Å²) >= 11 is 7.09. The number of nitrogens with zero attached hydrogens (tertiary/aromatic N) is 3. The van der Waals surface area contributed by atoms with Gasteiger partial charge in [-0.15, -0.1) is 10.2 Å². The first kappa shape index (κ1) is 24.4. The number of carbonyl (C=O) groups excluding carboxylic acids is 2. The van der Waals surface area contributed by atoms with Gasteiger partial charge >= 0.3 is 0 Å². The molecule has 0 atom stereocenters. The number of carbonyl (C=O) groups is 2. The topological polar surface area (TPSA) is 107 Å². The van der Waals surface area contributed by atoms with Crippen LogP contribution in [-0.4, -0.2) is 38.9 Å². The van der Waals surface area contributed by atoms with E-state index in [9.17, 15) is 9.59 Å². The fourth-order valence-corrected chi connectivity index (χ4v) is 3.60. The average Bonchev–Trinajstić information content (AvgIpc) is 3.22. The third-order valence-corrected chi connectivity index (χ3v) is 5.57. The van der Waals surface area contributed by atoms with E-state index in [1.807, 2.05) is 30.5 Å². The van der Waals surface area contributed by atoms with Crippen LogP contribution in [-0.2, 0) is 22.7 Å². The first-order chi connectivity index (χ1) is 15.9. The molecule has 33 heavy (non-hydrogen) atoms. The lowest BCUT2D eigenvalue weighted by molar-refractivity contribution is -0.128. The van der Waals surface area contributed by atoms with Gasteiger partial charge in [0.05, 0.1) is 5.75 Å². The summed E-state index contributed by atoms with van der Waals surface area (Å²) in [6.45, 7) is 4.55. The second-order valence-corrected chi connectivity index (χ2v) is 8.25. The van der Waals surface area contributed by atoms with Gasteiger partial charge in [-0.1, -0.05) is 41.1 Å². The van der Waals surface area contributed by atoms with Crippen molar-refractivity contribution >= 4 is 35.2 Å². The molecule has 1 aromatic heterocycles. The van der Waals surface area contributed by atoms with Crippen LogP contribution in [0.15, 0.2) is 53.7 Å². The summed E-state index contributed by atoms with van der Waals surface area (Å²) in [6.07, 6.45) is 0. The molecule has 0 saturated carbocycles. The van der Waals surface area contributed by atoms with E-state index >= 15 is 0 Å². The van der Waals surface area contributed by atoms with E-state index in [0.29, 0.717) is 34.0 Å². The van der Waals surface area contributed by atoms with E-state index in [-0.39, 0.29) is 24.9 Å². The summed E-state index contributed by atoms with van der Waals surface area (Å²) in [5.41, 5.74) is 5.78. The van der Waals surface area contributed by atoms with Gasteiger partial charge in [-0.05, 0) is 50.2 Å². The lowest BCUT2D eigenvalue weighted by Gasteiger charge is -2.10. The molecule has 11 heteroatoms. The Morgan fingerprint density at radius 2 is 1.61 bits per heavy atom. The van der Waals surface area contributed by atoms with Crippen molar-refractivity contribution in [3.05, 3.63) is 64.9 Å². The number of hydrogen-bond acceptors (Lipinski definition) is 7. The summed E-state index contributed by atoms with van der Waals surface area (Å²) in [6, 6.07) is 14.4. The van der Waals surface area contributed by atoms with E-state index in [1.165, 1.54) is 11.8 Å². The van der Waals surface area contributed by atoms with Gasteiger partial charge in [0.1, 0.15) is 18.1 Å². The first-order valence-electron chi connectivity index (χ1n) is 10.1. The zero-order chi connectivity index (χ0) is 23.6. The largest absolute Gasteiger partial charge is 0.486 e. The third kappa shape index (κ3) is 7.69. The van der Waals surface area contributed by atoms with Crippen molar-refractivity contribution in [3.63, 3.8) is 0 Å². The van der Waals surface area contributed by atoms with Crippen LogP contribution in [0.2, 0.25) is 5.02 Å². The molecule has 0 fully saturated rings. The number of hydrogen-bond donors (Lipinski definition) is 2. The molecule has 3 aromatic rings. The number of thioether (sulfide) groups is 1. The van der Waals surface area contributed by atoms with Crippen molar-refractivity contribution in [2.24, 2.45) is 0 Å². The predicted molar refractivity (Wildman–Crippen MR) is 125 cm³/mol. The Kier molecular flexibility index (Phi) is 8.96.